The quantitative estimate of drug-likeness (QED) is 0.504. The lowest BCUT2D eigenvalue weighted by Gasteiger charge is -2.29. The van der Waals surface area contributed by atoms with Crippen LogP contribution in [-0.2, 0) is 19.1 Å². The molecule has 0 atom stereocenters. The summed E-state index contributed by atoms with van der Waals surface area (Å²) in [5.41, 5.74) is -1.32. The highest BCUT2D eigenvalue weighted by atomic mass is 19.1. The maximum absolute atomic E-state index is 13.0. The summed E-state index contributed by atoms with van der Waals surface area (Å²) in [4.78, 5) is 29.5. The van der Waals surface area contributed by atoms with Crippen LogP contribution in [0.25, 0.3) is 5.70 Å². The van der Waals surface area contributed by atoms with Crippen molar-refractivity contribution < 1.29 is 18.7 Å². The Balaban J connectivity index is 1.88. The molecule has 0 fully saturated rings. The summed E-state index contributed by atoms with van der Waals surface area (Å²) in [5, 5.41) is 23.5. The molecule has 3 rings (SSSR count). The topological polar surface area (TPSA) is 135 Å². The van der Waals surface area contributed by atoms with Gasteiger partial charge in [-0.2, -0.15) is 0 Å². The second kappa shape index (κ2) is 8.61. The van der Waals surface area contributed by atoms with Crippen LogP contribution in [0, 0.1) is 12.7 Å². The van der Waals surface area contributed by atoms with Gasteiger partial charge in [0.1, 0.15) is 11.6 Å². The first kappa shape index (κ1) is 22.7. The number of hydrogen-bond acceptors (Lipinski definition) is 8. The van der Waals surface area contributed by atoms with Gasteiger partial charge in [-0.3, -0.25) is 14.2 Å². The summed E-state index contributed by atoms with van der Waals surface area (Å²) in [5.74, 6) is -1.26. The number of halogens is 1. The number of aryl methyl sites for hydroxylation is 1. The van der Waals surface area contributed by atoms with Gasteiger partial charge in [-0.15, -0.1) is 10.2 Å². The molecule has 2 aromatic heterocycles. The van der Waals surface area contributed by atoms with Gasteiger partial charge in [0.15, 0.2) is 5.69 Å². The van der Waals surface area contributed by atoms with Crippen molar-refractivity contribution in [2.24, 2.45) is 7.05 Å². The van der Waals surface area contributed by atoms with Crippen molar-refractivity contribution in [1.82, 2.24) is 30.4 Å². The number of benzene rings is 1. The number of amides is 1. The lowest BCUT2D eigenvalue weighted by atomic mass is 10.0. The van der Waals surface area contributed by atoms with E-state index in [0.717, 1.165) is 4.57 Å². The smallest absolute Gasteiger partial charge is 0.296 e. The number of rotatable bonds is 7. The lowest BCUT2D eigenvalue weighted by molar-refractivity contribution is 0.0941. The Hall–Kier alpha value is -4.02. The van der Waals surface area contributed by atoms with Crippen LogP contribution in [0.15, 0.2) is 40.1 Å². The zero-order valence-corrected chi connectivity index (χ0v) is 18.1. The number of nitrogens with one attached hydrogen (secondary N) is 2. The Morgan fingerprint density at radius 3 is 2.53 bits per heavy atom. The molecule has 0 aliphatic rings. The second-order valence-corrected chi connectivity index (χ2v) is 7.66. The molecule has 0 spiro atoms. The first-order chi connectivity index (χ1) is 15.0. The molecule has 3 N–H and O–H groups in total. The summed E-state index contributed by atoms with van der Waals surface area (Å²) in [6.07, 6.45) is 0. The Morgan fingerprint density at radius 2 is 1.94 bits per heavy atom. The summed E-state index contributed by atoms with van der Waals surface area (Å²) in [7, 11) is 1.42. The van der Waals surface area contributed by atoms with E-state index in [1.54, 1.807) is 20.8 Å². The molecule has 0 bridgehead atoms. The second-order valence-electron chi connectivity index (χ2n) is 7.66. The van der Waals surface area contributed by atoms with Crippen LogP contribution in [0.2, 0.25) is 0 Å². The van der Waals surface area contributed by atoms with E-state index in [2.05, 4.69) is 32.4 Å². The maximum atomic E-state index is 13.0. The molecule has 10 nitrogen and oxygen atoms in total. The molecule has 168 valence electrons. The highest BCUT2D eigenvalue weighted by molar-refractivity contribution is 5.94. The van der Waals surface area contributed by atoms with E-state index in [1.807, 2.05) is 0 Å². The molecule has 0 aliphatic carbocycles. The van der Waals surface area contributed by atoms with Gasteiger partial charge in [0, 0.05) is 20.5 Å². The maximum Gasteiger partial charge on any atom is 0.296 e. The van der Waals surface area contributed by atoms with Crippen LogP contribution in [0.5, 0.6) is 5.75 Å². The van der Waals surface area contributed by atoms with Gasteiger partial charge in [-0.1, -0.05) is 18.7 Å². The zero-order valence-electron chi connectivity index (χ0n) is 18.1. The van der Waals surface area contributed by atoms with E-state index >= 15 is 0 Å². The SMILES string of the molecule is C=C(NC(C)(C)c1nc(C(=O)NCc2ccc(F)cc2)c(O)c(=O)n1C)c1nnc(C)o1. The predicted molar refractivity (Wildman–Crippen MR) is 113 cm³/mol. The fourth-order valence-electron chi connectivity index (χ4n) is 3.08. The van der Waals surface area contributed by atoms with E-state index in [4.69, 9.17) is 4.42 Å². The molecule has 0 aliphatic heterocycles. The molecule has 1 amide bonds. The minimum atomic E-state index is -1.02. The van der Waals surface area contributed by atoms with E-state index in [-0.39, 0.29) is 18.3 Å². The van der Waals surface area contributed by atoms with Gasteiger partial charge in [0.05, 0.1) is 11.2 Å². The molecule has 2 heterocycles. The molecular weight excluding hydrogens is 419 g/mol. The van der Waals surface area contributed by atoms with Crippen molar-refractivity contribution in [3.05, 3.63) is 75.9 Å². The number of carbonyl (C=O) groups is 1. The standard InChI is InChI=1S/C21H23FN6O4/c1-11(18-27-26-12(2)32-18)25-21(3,4)20-24-15(16(29)19(31)28(20)5)17(30)23-10-13-6-8-14(22)9-7-13/h6-9,25,29H,1,10H2,2-5H3,(H,23,30). The number of aromatic nitrogens is 4. The summed E-state index contributed by atoms with van der Waals surface area (Å²) in [6.45, 7) is 8.98. The number of hydrogen-bond donors (Lipinski definition) is 3. The van der Waals surface area contributed by atoms with Gasteiger partial charge < -0.3 is 20.2 Å². The minimum absolute atomic E-state index is 0.0553. The van der Waals surface area contributed by atoms with Gasteiger partial charge in [0.25, 0.3) is 17.4 Å². The van der Waals surface area contributed by atoms with Crippen LogP contribution in [0.4, 0.5) is 4.39 Å². The molecule has 3 aromatic rings. The number of aromatic hydroxyl groups is 1. The van der Waals surface area contributed by atoms with E-state index in [9.17, 15) is 19.1 Å². The van der Waals surface area contributed by atoms with Crippen LogP contribution in [-0.4, -0.2) is 30.8 Å². The summed E-state index contributed by atoms with van der Waals surface area (Å²) < 4.78 is 19.5. The number of nitrogens with zero attached hydrogens (tertiary/aromatic N) is 4. The molecule has 11 heteroatoms. The third kappa shape index (κ3) is 4.66. The Morgan fingerprint density at radius 1 is 1.28 bits per heavy atom. The van der Waals surface area contributed by atoms with Crippen molar-refractivity contribution in [3.8, 4) is 5.75 Å². The highest BCUT2D eigenvalue weighted by Gasteiger charge is 2.31. The minimum Gasteiger partial charge on any atom is -0.501 e. The molecule has 0 radical (unpaired) electrons. The fourth-order valence-corrected chi connectivity index (χ4v) is 3.08. The zero-order chi connectivity index (χ0) is 23.6. The number of carbonyl (C=O) groups excluding carboxylic acids is 1. The van der Waals surface area contributed by atoms with E-state index < -0.39 is 34.3 Å². The van der Waals surface area contributed by atoms with Gasteiger partial charge in [-0.25, -0.2) is 9.37 Å². The normalized spacial score (nSPS) is 11.3. The largest absolute Gasteiger partial charge is 0.501 e. The average molecular weight is 442 g/mol. The van der Waals surface area contributed by atoms with Gasteiger partial charge >= 0.3 is 0 Å². The lowest BCUT2D eigenvalue weighted by Crippen LogP contribution is -2.42. The van der Waals surface area contributed by atoms with Crippen LogP contribution in [0.3, 0.4) is 0 Å². The Kier molecular flexibility index (Phi) is 6.10. The monoisotopic (exact) mass is 442 g/mol. The highest BCUT2D eigenvalue weighted by Crippen LogP contribution is 2.23. The molecule has 1 aromatic carbocycles. The van der Waals surface area contributed by atoms with E-state index in [1.165, 1.54) is 31.3 Å². The van der Waals surface area contributed by atoms with Crippen molar-refractivity contribution in [1.29, 1.82) is 0 Å². The Bertz CT molecular complexity index is 1230. The van der Waals surface area contributed by atoms with E-state index in [0.29, 0.717) is 17.2 Å². The van der Waals surface area contributed by atoms with Gasteiger partial charge in [-0.05, 0) is 31.5 Å². The first-order valence-electron chi connectivity index (χ1n) is 9.60. The Labute approximate surface area is 182 Å². The summed E-state index contributed by atoms with van der Waals surface area (Å²) in [6, 6.07) is 5.55. The van der Waals surface area contributed by atoms with Crippen LogP contribution >= 0.6 is 0 Å². The van der Waals surface area contributed by atoms with Crippen molar-refractivity contribution in [2.75, 3.05) is 0 Å². The van der Waals surface area contributed by atoms with Crippen LogP contribution < -0.4 is 16.2 Å². The summed E-state index contributed by atoms with van der Waals surface area (Å²) >= 11 is 0. The fraction of sp³-hybridized carbons (Fsp3) is 0.286. The van der Waals surface area contributed by atoms with Gasteiger partial charge in [0.2, 0.25) is 11.6 Å². The first-order valence-corrected chi connectivity index (χ1v) is 9.60. The third-order valence-electron chi connectivity index (χ3n) is 4.65. The molecule has 0 saturated carbocycles. The third-order valence-corrected chi connectivity index (χ3v) is 4.65. The van der Waals surface area contributed by atoms with Crippen molar-refractivity contribution in [2.45, 2.75) is 32.9 Å². The molecule has 0 saturated heterocycles. The predicted octanol–water partition coefficient (Wildman–Crippen LogP) is 1.74. The van der Waals surface area contributed by atoms with Crippen molar-refractivity contribution >= 4 is 11.6 Å². The molecule has 32 heavy (non-hydrogen) atoms. The van der Waals surface area contributed by atoms with Crippen molar-refractivity contribution in [3.63, 3.8) is 0 Å². The van der Waals surface area contributed by atoms with Crippen LogP contribution in [0.1, 0.15) is 47.5 Å². The molecule has 0 unspecified atom stereocenters. The average Bonchev–Trinajstić information content (AvgIpc) is 3.17. The molecular formula is C21H23FN6O4.